The molecule has 0 aliphatic carbocycles. The number of ether oxygens (including phenoxy) is 1. The average Bonchev–Trinajstić information content (AvgIpc) is 2.68. The van der Waals surface area contributed by atoms with Crippen LogP contribution in [-0.2, 0) is 25.5 Å². The van der Waals surface area contributed by atoms with Crippen LogP contribution in [0.5, 0.6) is 0 Å². The molecule has 1 aromatic carbocycles. The standard InChI is InChI=1S/C22H34N2O4/c1-4-5-6-7-8-12-15-19(22(27)28-3)24-21(26)20(23-17(2)25)16-18-13-10-9-11-14-18/h9-11,13-14,19-20H,4-8,12,15-16H2,1-3H3,(H,23,25)(H,24,26)/t19-,20-/m1/s1. The molecule has 6 nitrogen and oxygen atoms in total. The normalized spacial score (nSPS) is 12.7. The highest BCUT2D eigenvalue weighted by atomic mass is 16.5. The minimum atomic E-state index is -0.739. The maximum Gasteiger partial charge on any atom is 0.328 e. The van der Waals surface area contributed by atoms with E-state index in [9.17, 15) is 14.4 Å². The summed E-state index contributed by atoms with van der Waals surface area (Å²) in [5.74, 6) is -1.12. The molecular formula is C22H34N2O4. The number of hydrogen-bond acceptors (Lipinski definition) is 4. The molecule has 0 aliphatic heterocycles. The lowest BCUT2D eigenvalue weighted by Crippen LogP contribution is -2.52. The van der Waals surface area contributed by atoms with Gasteiger partial charge in [-0.3, -0.25) is 9.59 Å². The first kappa shape index (κ1) is 23.7. The maximum absolute atomic E-state index is 12.8. The Morgan fingerprint density at radius 3 is 2.18 bits per heavy atom. The summed E-state index contributed by atoms with van der Waals surface area (Å²) in [4.78, 5) is 36.4. The van der Waals surface area contributed by atoms with Gasteiger partial charge in [-0.2, -0.15) is 0 Å². The number of benzene rings is 1. The summed E-state index contributed by atoms with van der Waals surface area (Å²) < 4.78 is 4.85. The summed E-state index contributed by atoms with van der Waals surface area (Å²) in [6.45, 7) is 3.54. The van der Waals surface area contributed by atoms with E-state index >= 15 is 0 Å². The van der Waals surface area contributed by atoms with Crippen molar-refractivity contribution in [2.24, 2.45) is 0 Å². The summed E-state index contributed by atoms with van der Waals surface area (Å²) in [7, 11) is 1.32. The number of unbranched alkanes of at least 4 members (excludes halogenated alkanes) is 5. The van der Waals surface area contributed by atoms with Gasteiger partial charge in [-0.05, 0) is 12.0 Å². The van der Waals surface area contributed by atoms with Gasteiger partial charge in [0.15, 0.2) is 0 Å². The number of carbonyl (C=O) groups is 3. The van der Waals surface area contributed by atoms with Crippen LogP contribution in [0, 0.1) is 0 Å². The smallest absolute Gasteiger partial charge is 0.328 e. The van der Waals surface area contributed by atoms with E-state index < -0.39 is 18.1 Å². The molecule has 6 heteroatoms. The fraction of sp³-hybridized carbons (Fsp3) is 0.591. The van der Waals surface area contributed by atoms with E-state index in [2.05, 4.69) is 17.6 Å². The summed E-state index contributed by atoms with van der Waals surface area (Å²) in [6.07, 6.45) is 7.46. The van der Waals surface area contributed by atoms with E-state index in [0.717, 1.165) is 24.8 Å². The van der Waals surface area contributed by atoms with E-state index in [0.29, 0.717) is 12.8 Å². The van der Waals surface area contributed by atoms with Crippen molar-refractivity contribution in [1.29, 1.82) is 0 Å². The van der Waals surface area contributed by atoms with Gasteiger partial charge in [-0.1, -0.05) is 75.8 Å². The van der Waals surface area contributed by atoms with Crippen LogP contribution < -0.4 is 10.6 Å². The molecule has 0 fully saturated rings. The summed E-state index contributed by atoms with van der Waals surface area (Å²) in [6, 6.07) is 8.02. The van der Waals surface area contributed by atoms with Gasteiger partial charge in [-0.15, -0.1) is 0 Å². The Hall–Kier alpha value is -2.37. The van der Waals surface area contributed by atoms with Crippen molar-refractivity contribution in [2.45, 2.75) is 77.3 Å². The van der Waals surface area contributed by atoms with Gasteiger partial charge in [0.25, 0.3) is 0 Å². The highest BCUT2D eigenvalue weighted by Crippen LogP contribution is 2.10. The third-order valence-corrected chi connectivity index (χ3v) is 4.63. The largest absolute Gasteiger partial charge is 0.467 e. The number of rotatable bonds is 13. The molecule has 0 heterocycles. The molecule has 156 valence electrons. The molecule has 1 rings (SSSR count). The van der Waals surface area contributed by atoms with Gasteiger partial charge in [0.1, 0.15) is 12.1 Å². The Kier molecular flexibility index (Phi) is 11.6. The fourth-order valence-electron chi connectivity index (χ4n) is 3.10. The Morgan fingerprint density at radius 2 is 1.57 bits per heavy atom. The van der Waals surface area contributed by atoms with Crippen LogP contribution >= 0.6 is 0 Å². The third-order valence-electron chi connectivity index (χ3n) is 4.63. The molecule has 0 bridgehead atoms. The second-order valence-electron chi connectivity index (χ2n) is 7.08. The number of methoxy groups -OCH3 is 1. The lowest BCUT2D eigenvalue weighted by Gasteiger charge is -2.22. The van der Waals surface area contributed by atoms with Crippen molar-refractivity contribution >= 4 is 17.8 Å². The Labute approximate surface area is 168 Å². The highest BCUT2D eigenvalue weighted by Gasteiger charge is 2.26. The molecule has 0 saturated carbocycles. The molecule has 0 aromatic heterocycles. The van der Waals surface area contributed by atoms with Crippen LogP contribution in [0.1, 0.15) is 64.4 Å². The predicted octanol–water partition coefficient (Wildman–Crippen LogP) is 3.14. The fourth-order valence-corrected chi connectivity index (χ4v) is 3.10. The predicted molar refractivity (Wildman–Crippen MR) is 110 cm³/mol. The molecule has 0 spiro atoms. The Morgan fingerprint density at radius 1 is 0.929 bits per heavy atom. The molecule has 0 aliphatic rings. The van der Waals surface area contributed by atoms with Gasteiger partial charge in [-0.25, -0.2) is 4.79 Å². The molecular weight excluding hydrogens is 356 g/mol. The van der Waals surface area contributed by atoms with Gasteiger partial charge in [0.05, 0.1) is 7.11 Å². The monoisotopic (exact) mass is 390 g/mol. The van der Waals surface area contributed by atoms with Crippen LogP contribution in [0.4, 0.5) is 0 Å². The molecule has 1 aromatic rings. The highest BCUT2D eigenvalue weighted by molar-refractivity contribution is 5.90. The van der Waals surface area contributed by atoms with Crippen molar-refractivity contribution in [2.75, 3.05) is 7.11 Å². The first-order valence-electron chi connectivity index (χ1n) is 10.2. The molecule has 2 atom stereocenters. The van der Waals surface area contributed by atoms with Crippen molar-refractivity contribution < 1.29 is 19.1 Å². The zero-order chi connectivity index (χ0) is 20.8. The molecule has 0 saturated heterocycles. The topological polar surface area (TPSA) is 84.5 Å². The second-order valence-corrected chi connectivity index (χ2v) is 7.08. The minimum absolute atomic E-state index is 0.290. The van der Waals surface area contributed by atoms with E-state index in [1.54, 1.807) is 0 Å². The zero-order valence-corrected chi connectivity index (χ0v) is 17.3. The molecule has 0 unspecified atom stereocenters. The molecule has 2 amide bonds. The molecule has 28 heavy (non-hydrogen) atoms. The quantitative estimate of drug-likeness (QED) is 0.400. The van der Waals surface area contributed by atoms with Crippen molar-refractivity contribution in [3.8, 4) is 0 Å². The van der Waals surface area contributed by atoms with Crippen molar-refractivity contribution in [1.82, 2.24) is 10.6 Å². The number of amides is 2. The van der Waals surface area contributed by atoms with E-state index in [-0.39, 0.29) is 11.8 Å². The first-order chi connectivity index (χ1) is 13.5. The Balaban J connectivity index is 2.67. The zero-order valence-electron chi connectivity index (χ0n) is 17.3. The minimum Gasteiger partial charge on any atom is -0.467 e. The van der Waals surface area contributed by atoms with E-state index in [1.807, 2.05) is 30.3 Å². The van der Waals surface area contributed by atoms with Gasteiger partial charge in [0, 0.05) is 13.3 Å². The second kappa shape index (κ2) is 13.7. The third kappa shape index (κ3) is 9.53. The van der Waals surface area contributed by atoms with Crippen LogP contribution in [0.25, 0.3) is 0 Å². The summed E-state index contributed by atoms with van der Waals surface area (Å²) >= 11 is 0. The number of nitrogens with one attached hydrogen (secondary N) is 2. The summed E-state index contributed by atoms with van der Waals surface area (Å²) in [5, 5.41) is 5.45. The van der Waals surface area contributed by atoms with E-state index in [4.69, 9.17) is 4.74 Å². The number of carbonyl (C=O) groups excluding carboxylic acids is 3. The average molecular weight is 391 g/mol. The van der Waals surface area contributed by atoms with Crippen LogP contribution in [-0.4, -0.2) is 37.0 Å². The van der Waals surface area contributed by atoms with Crippen molar-refractivity contribution in [3.05, 3.63) is 35.9 Å². The van der Waals surface area contributed by atoms with Gasteiger partial charge >= 0.3 is 5.97 Å². The number of esters is 1. The Bertz CT molecular complexity index is 604. The maximum atomic E-state index is 12.8. The van der Waals surface area contributed by atoms with Gasteiger partial charge < -0.3 is 15.4 Å². The van der Waals surface area contributed by atoms with Crippen LogP contribution in [0.15, 0.2) is 30.3 Å². The van der Waals surface area contributed by atoms with Crippen LogP contribution in [0.2, 0.25) is 0 Å². The molecule has 2 N–H and O–H groups in total. The van der Waals surface area contributed by atoms with Gasteiger partial charge in [0.2, 0.25) is 11.8 Å². The molecule has 0 radical (unpaired) electrons. The number of hydrogen-bond donors (Lipinski definition) is 2. The van der Waals surface area contributed by atoms with Crippen LogP contribution in [0.3, 0.4) is 0 Å². The van der Waals surface area contributed by atoms with E-state index in [1.165, 1.54) is 33.3 Å². The lowest BCUT2D eigenvalue weighted by atomic mass is 10.0. The first-order valence-corrected chi connectivity index (χ1v) is 10.2. The summed E-state index contributed by atoms with van der Waals surface area (Å²) in [5.41, 5.74) is 0.932. The van der Waals surface area contributed by atoms with Crippen molar-refractivity contribution in [3.63, 3.8) is 0 Å². The lowest BCUT2D eigenvalue weighted by molar-refractivity contribution is -0.145. The SMILES string of the molecule is CCCCCCCC[C@@H](NC(=O)[C@@H](Cc1ccccc1)NC(C)=O)C(=O)OC.